The van der Waals surface area contributed by atoms with Crippen LogP contribution in [0, 0.1) is 12.3 Å². The summed E-state index contributed by atoms with van der Waals surface area (Å²) in [5.74, 6) is 0. The fourth-order valence-corrected chi connectivity index (χ4v) is 2.98. The number of halogens is 1. The monoisotopic (exact) mass is 295 g/mol. The molecule has 1 saturated carbocycles. The molecule has 1 aliphatic rings. The lowest BCUT2D eigenvalue weighted by Crippen LogP contribution is -2.39. The predicted molar refractivity (Wildman–Crippen MR) is 77.2 cm³/mol. The van der Waals surface area contributed by atoms with E-state index in [1.807, 2.05) is 0 Å². The molecule has 0 aliphatic heterocycles. The summed E-state index contributed by atoms with van der Waals surface area (Å²) < 4.78 is 1.21. The van der Waals surface area contributed by atoms with Gasteiger partial charge in [0.25, 0.3) is 0 Å². The lowest BCUT2D eigenvalue weighted by Gasteiger charge is -2.41. The molecule has 94 valence electrons. The highest BCUT2D eigenvalue weighted by molar-refractivity contribution is 9.10. The van der Waals surface area contributed by atoms with Gasteiger partial charge in [0.2, 0.25) is 0 Å². The van der Waals surface area contributed by atoms with E-state index in [0.717, 1.165) is 6.54 Å². The Kier molecular flexibility index (Phi) is 4.26. The summed E-state index contributed by atoms with van der Waals surface area (Å²) >= 11 is 3.59. The normalized spacial score (nSPS) is 17.8. The smallest absolute Gasteiger partial charge is 0.0207 e. The molecule has 0 atom stereocenters. The molecule has 2 rings (SSSR count). The third kappa shape index (κ3) is 3.11. The van der Waals surface area contributed by atoms with Gasteiger partial charge in [-0.1, -0.05) is 41.4 Å². The third-order valence-electron chi connectivity index (χ3n) is 4.23. The largest absolute Gasteiger partial charge is 0.312 e. The fraction of sp³-hybridized carbons (Fsp3) is 0.600. The van der Waals surface area contributed by atoms with Gasteiger partial charge in [-0.3, -0.25) is 0 Å². The van der Waals surface area contributed by atoms with E-state index in [-0.39, 0.29) is 0 Å². The molecule has 0 spiro atoms. The van der Waals surface area contributed by atoms with Crippen LogP contribution in [-0.4, -0.2) is 6.54 Å². The number of nitrogens with one attached hydrogen (secondary N) is 1. The molecule has 1 N–H and O–H groups in total. The minimum atomic E-state index is 0.613. The second-order valence-electron chi connectivity index (χ2n) is 5.39. The van der Waals surface area contributed by atoms with Gasteiger partial charge in [0, 0.05) is 17.6 Å². The van der Waals surface area contributed by atoms with E-state index in [1.165, 1.54) is 47.8 Å². The highest BCUT2D eigenvalue weighted by Gasteiger charge is 2.34. The molecule has 2 heteroatoms. The van der Waals surface area contributed by atoms with E-state index in [9.17, 15) is 0 Å². The van der Waals surface area contributed by atoms with E-state index in [1.54, 1.807) is 0 Å². The average molecular weight is 296 g/mol. The van der Waals surface area contributed by atoms with E-state index in [0.29, 0.717) is 5.41 Å². The van der Waals surface area contributed by atoms with Crippen molar-refractivity contribution in [3.8, 4) is 0 Å². The summed E-state index contributed by atoms with van der Waals surface area (Å²) in [6.45, 7) is 6.61. The van der Waals surface area contributed by atoms with Gasteiger partial charge in [0.1, 0.15) is 0 Å². The number of aryl methyl sites for hydroxylation is 1. The van der Waals surface area contributed by atoms with Crippen molar-refractivity contribution in [2.24, 2.45) is 5.41 Å². The first kappa shape index (κ1) is 13.1. The summed E-state index contributed by atoms with van der Waals surface area (Å²) in [6.07, 6.45) is 5.56. The van der Waals surface area contributed by atoms with Gasteiger partial charge in [-0.15, -0.1) is 0 Å². The Morgan fingerprint density at radius 3 is 2.65 bits per heavy atom. The highest BCUT2D eigenvalue weighted by Crippen LogP contribution is 2.43. The Hall–Kier alpha value is -0.340. The van der Waals surface area contributed by atoms with Crippen molar-refractivity contribution >= 4 is 15.9 Å². The quantitative estimate of drug-likeness (QED) is 0.847. The molecule has 0 radical (unpaired) electrons. The fourth-order valence-electron chi connectivity index (χ4n) is 2.55. The Morgan fingerprint density at radius 2 is 2.12 bits per heavy atom. The van der Waals surface area contributed by atoms with Crippen LogP contribution in [0.2, 0.25) is 0 Å². The number of benzene rings is 1. The van der Waals surface area contributed by atoms with Crippen LogP contribution in [0.15, 0.2) is 22.7 Å². The maximum atomic E-state index is 3.62. The molecule has 1 fully saturated rings. The minimum Gasteiger partial charge on any atom is -0.312 e. The first-order valence-electron chi connectivity index (χ1n) is 6.61. The molecular formula is C15H22BrN. The van der Waals surface area contributed by atoms with Gasteiger partial charge < -0.3 is 5.32 Å². The molecular weight excluding hydrogens is 274 g/mol. The topological polar surface area (TPSA) is 12.0 Å². The van der Waals surface area contributed by atoms with Crippen LogP contribution in [0.4, 0.5) is 0 Å². The van der Waals surface area contributed by atoms with Gasteiger partial charge in [-0.25, -0.2) is 0 Å². The van der Waals surface area contributed by atoms with E-state index in [2.05, 4.69) is 53.3 Å². The molecule has 0 aromatic heterocycles. The molecule has 0 saturated heterocycles. The second-order valence-corrected chi connectivity index (χ2v) is 6.25. The van der Waals surface area contributed by atoms with Crippen LogP contribution >= 0.6 is 15.9 Å². The zero-order chi connectivity index (χ0) is 12.3. The molecule has 0 bridgehead atoms. The Morgan fingerprint density at radius 1 is 1.35 bits per heavy atom. The zero-order valence-electron chi connectivity index (χ0n) is 10.9. The Balaban J connectivity index is 1.83. The van der Waals surface area contributed by atoms with Crippen LogP contribution in [0.5, 0.6) is 0 Å². The molecule has 0 amide bonds. The second kappa shape index (κ2) is 5.53. The van der Waals surface area contributed by atoms with Gasteiger partial charge in [-0.05, 0) is 48.8 Å². The number of hydrogen-bond donors (Lipinski definition) is 1. The lowest BCUT2D eigenvalue weighted by atomic mass is 9.67. The summed E-state index contributed by atoms with van der Waals surface area (Å²) in [6, 6.07) is 6.62. The van der Waals surface area contributed by atoms with Crippen molar-refractivity contribution in [3.63, 3.8) is 0 Å². The summed E-state index contributed by atoms with van der Waals surface area (Å²) in [5, 5.41) is 3.62. The maximum absolute atomic E-state index is 3.62. The average Bonchev–Trinajstić information content (AvgIpc) is 2.27. The highest BCUT2D eigenvalue weighted by atomic mass is 79.9. The molecule has 1 nitrogen and oxygen atoms in total. The Bertz CT molecular complexity index is 377. The first-order valence-corrected chi connectivity index (χ1v) is 7.40. The van der Waals surface area contributed by atoms with E-state index >= 15 is 0 Å². The van der Waals surface area contributed by atoms with E-state index in [4.69, 9.17) is 0 Å². The summed E-state index contributed by atoms with van der Waals surface area (Å²) in [4.78, 5) is 0. The maximum Gasteiger partial charge on any atom is 0.0207 e. The lowest BCUT2D eigenvalue weighted by molar-refractivity contribution is 0.124. The number of rotatable bonds is 5. The van der Waals surface area contributed by atoms with Crippen molar-refractivity contribution in [3.05, 3.63) is 33.8 Å². The standard InChI is InChI=1S/C15H22BrN/c1-3-15(7-4-8-15)11-17-10-13-6-5-12(2)14(16)9-13/h5-6,9,17H,3-4,7-8,10-11H2,1-2H3. The van der Waals surface area contributed by atoms with Crippen LogP contribution in [0.1, 0.15) is 43.7 Å². The molecule has 1 aromatic rings. The van der Waals surface area contributed by atoms with Crippen LogP contribution in [0.25, 0.3) is 0 Å². The van der Waals surface area contributed by atoms with Crippen molar-refractivity contribution < 1.29 is 0 Å². The molecule has 1 aromatic carbocycles. The van der Waals surface area contributed by atoms with Crippen molar-refractivity contribution in [2.45, 2.75) is 46.1 Å². The zero-order valence-corrected chi connectivity index (χ0v) is 12.4. The number of hydrogen-bond acceptors (Lipinski definition) is 1. The summed E-state index contributed by atoms with van der Waals surface area (Å²) in [7, 11) is 0. The minimum absolute atomic E-state index is 0.613. The van der Waals surface area contributed by atoms with Crippen molar-refractivity contribution in [1.29, 1.82) is 0 Å². The SMILES string of the molecule is CCC1(CNCc2ccc(C)c(Br)c2)CCC1. The third-order valence-corrected chi connectivity index (χ3v) is 5.08. The molecule has 0 unspecified atom stereocenters. The molecule has 17 heavy (non-hydrogen) atoms. The molecule has 1 aliphatic carbocycles. The Labute approximate surface area is 113 Å². The van der Waals surface area contributed by atoms with Crippen LogP contribution in [-0.2, 0) is 6.54 Å². The van der Waals surface area contributed by atoms with Crippen LogP contribution in [0.3, 0.4) is 0 Å². The van der Waals surface area contributed by atoms with E-state index < -0.39 is 0 Å². The van der Waals surface area contributed by atoms with Crippen molar-refractivity contribution in [2.75, 3.05) is 6.54 Å². The molecule has 0 heterocycles. The van der Waals surface area contributed by atoms with Gasteiger partial charge >= 0.3 is 0 Å². The predicted octanol–water partition coefficient (Wildman–Crippen LogP) is 4.43. The first-order chi connectivity index (χ1) is 8.15. The van der Waals surface area contributed by atoms with Crippen LogP contribution < -0.4 is 5.32 Å². The van der Waals surface area contributed by atoms with Gasteiger partial charge in [0.15, 0.2) is 0 Å². The van der Waals surface area contributed by atoms with Gasteiger partial charge in [-0.2, -0.15) is 0 Å². The van der Waals surface area contributed by atoms with Gasteiger partial charge in [0.05, 0.1) is 0 Å². The van der Waals surface area contributed by atoms with Crippen molar-refractivity contribution in [1.82, 2.24) is 5.32 Å². The summed E-state index contributed by atoms with van der Waals surface area (Å²) in [5.41, 5.74) is 3.29.